The molecule has 0 N–H and O–H groups in total. The molecule has 1 atom stereocenters. The number of benzene rings is 1. The lowest BCUT2D eigenvalue weighted by molar-refractivity contribution is -0.147. The van der Waals surface area contributed by atoms with Crippen LogP contribution in [0.4, 0.5) is 0 Å². The first kappa shape index (κ1) is 14.3. The van der Waals surface area contributed by atoms with Gasteiger partial charge in [0.25, 0.3) is 5.91 Å². The maximum absolute atomic E-state index is 12.5. The summed E-state index contributed by atoms with van der Waals surface area (Å²) in [6, 6.07) is 6.95. The van der Waals surface area contributed by atoms with E-state index in [0.29, 0.717) is 18.5 Å². The molecule has 0 aliphatic carbocycles. The topological polar surface area (TPSA) is 46.6 Å². The number of piperidine rings is 1. The highest BCUT2D eigenvalue weighted by Crippen LogP contribution is 2.21. The highest BCUT2D eigenvalue weighted by Gasteiger charge is 2.33. The van der Waals surface area contributed by atoms with Crippen molar-refractivity contribution in [2.75, 3.05) is 13.7 Å². The van der Waals surface area contributed by atoms with Crippen LogP contribution in [0.25, 0.3) is 0 Å². The number of nitrogens with zero attached hydrogens (tertiary/aromatic N) is 1. The number of hydrogen-bond donors (Lipinski definition) is 0. The van der Waals surface area contributed by atoms with Crippen LogP contribution in [0.1, 0.15) is 29.6 Å². The first-order valence-electron chi connectivity index (χ1n) is 6.28. The number of esters is 1. The van der Waals surface area contributed by atoms with Gasteiger partial charge < -0.3 is 9.64 Å². The van der Waals surface area contributed by atoms with Crippen LogP contribution in [0.2, 0.25) is 0 Å². The number of amides is 1. The Hall–Kier alpha value is -1.11. The van der Waals surface area contributed by atoms with Crippen LogP contribution in [0, 0.1) is 3.57 Å². The van der Waals surface area contributed by atoms with Crippen molar-refractivity contribution in [3.05, 3.63) is 33.4 Å². The van der Waals surface area contributed by atoms with Crippen LogP contribution in [0.15, 0.2) is 24.3 Å². The van der Waals surface area contributed by atoms with Crippen LogP contribution >= 0.6 is 22.6 Å². The molecule has 5 heteroatoms. The Kier molecular flexibility index (Phi) is 4.79. The van der Waals surface area contributed by atoms with Crippen molar-refractivity contribution in [1.82, 2.24) is 4.90 Å². The van der Waals surface area contributed by atoms with E-state index < -0.39 is 6.04 Å². The smallest absolute Gasteiger partial charge is 0.328 e. The average molecular weight is 373 g/mol. The quantitative estimate of drug-likeness (QED) is 0.591. The van der Waals surface area contributed by atoms with Gasteiger partial charge in [-0.25, -0.2) is 4.79 Å². The molecule has 0 unspecified atom stereocenters. The lowest BCUT2D eigenvalue weighted by Gasteiger charge is -2.33. The molecule has 1 saturated heterocycles. The van der Waals surface area contributed by atoms with Crippen molar-refractivity contribution < 1.29 is 14.3 Å². The van der Waals surface area contributed by atoms with Crippen LogP contribution in [0.3, 0.4) is 0 Å². The predicted molar refractivity (Wildman–Crippen MR) is 79.9 cm³/mol. The van der Waals surface area contributed by atoms with Gasteiger partial charge in [-0.1, -0.05) is 0 Å². The second-order valence-corrected chi connectivity index (χ2v) is 5.79. The molecule has 0 spiro atoms. The summed E-state index contributed by atoms with van der Waals surface area (Å²) in [5, 5.41) is 0. The van der Waals surface area contributed by atoms with Gasteiger partial charge in [0.2, 0.25) is 0 Å². The maximum Gasteiger partial charge on any atom is 0.328 e. The second kappa shape index (κ2) is 6.36. The summed E-state index contributed by atoms with van der Waals surface area (Å²) < 4.78 is 5.87. The molecule has 1 aliphatic rings. The number of halogens is 1. The zero-order valence-electron chi connectivity index (χ0n) is 10.8. The lowest BCUT2D eigenvalue weighted by atomic mass is 10.0. The number of carbonyl (C=O) groups excluding carboxylic acids is 2. The average Bonchev–Trinajstić information content (AvgIpc) is 2.46. The summed E-state index contributed by atoms with van der Waals surface area (Å²) in [5.41, 5.74) is 0.621. The van der Waals surface area contributed by atoms with Crippen molar-refractivity contribution in [2.24, 2.45) is 0 Å². The van der Waals surface area contributed by atoms with Gasteiger partial charge in [-0.2, -0.15) is 0 Å². The van der Waals surface area contributed by atoms with E-state index >= 15 is 0 Å². The molecular weight excluding hydrogens is 357 g/mol. The van der Waals surface area contributed by atoms with E-state index in [4.69, 9.17) is 4.74 Å². The summed E-state index contributed by atoms with van der Waals surface area (Å²) in [7, 11) is 1.37. The molecule has 1 fully saturated rings. The largest absolute Gasteiger partial charge is 0.467 e. The van der Waals surface area contributed by atoms with E-state index in [1.54, 1.807) is 17.0 Å². The van der Waals surface area contributed by atoms with Crippen molar-refractivity contribution >= 4 is 34.5 Å². The molecule has 1 aliphatic heterocycles. The van der Waals surface area contributed by atoms with Gasteiger partial charge in [0, 0.05) is 15.7 Å². The Morgan fingerprint density at radius 3 is 2.58 bits per heavy atom. The number of likely N-dealkylation sites (tertiary alicyclic amines) is 1. The Morgan fingerprint density at radius 1 is 1.26 bits per heavy atom. The van der Waals surface area contributed by atoms with Crippen molar-refractivity contribution in [3.63, 3.8) is 0 Å². The third-order valence-corrected chi connectivity index (χ3v) is 4.05. The molecule has 1 heterocycles. The predicted octanol–water partition coefficient (Wildman–Crippen LogP) is 2.46. The van der Waals surface area contributed by atoms with Gasteiger partial charge in [0.1, 0.15) is 6.04 Å². The number of rotatable bonds is 2. The fourth-order valence-electron chi connectivity index (χ4n) is 2.31. The molecule has 1 aromatic rings. The number of hydrogen-bond acceptors (Lipinski definition) is 3. The van der Waals surface area contributed by atoms with Crippen LogP contribution in [0.5, 0.6) is 0 Å². The minimum absolute atomic E-state index is 0.0912. The van der Waals surface area contributed by atoms with Crippen LogP contribution < -0.4 is 0 Å². The third kappa shape index (κ3) is 3.26. The number of methoxy groups -OCH3 is 1. The van der Waals surface area contributed by atoms with E-state index in [1.807, 2.05) is 12.1 Å². The normalized spacial score (nSPS) is 19.1. The molecule has 102 valence electrons. The Morgan fingerprint density at radius 2 is 1.95 bits per heavy atom. The molecule has 19 heavy (non-hydrogen) atoms. The minimum Gasteiger partial charge on any atom is -0.467 e. The third-order valence-electron chi connectivity index (χ3n) is 3.33. The Bertz CT molecular complexity index is 472. The molecule has 2 rings (SSSR count). The standard InChI is InChI=1S/C14H16INO3/c1-19-14(18)12-4-2-3-9-16(12)13(17)10-5-7-11(15)8-6-10/h5-8,12H,2-4,9H2,1H3/t12-/m1/s1. The Labute approximate surface area is 126 Å². The molecular formula is C14H16INO3. The second-order valence-electron chi connectivity index (χ2n) is 4.54. The summed E-state index contributed by atoms with van der Waals surface area (Å²) in [6.45, 7) is 0.616. The molecule has 1 aromatic carbocycles. The highest BCUT2D eigenvalue weighted by atomic mass is 127. The zero-order valence-corrected chi connectivity index (χ0v) is 12.9. The van der Waals surface area contributed by atoms with E-state index in [9.17, 15) is 9.59 Å². The fraction of sp³-hybridized carbons (Fsp3) is 0.429. The molecule has 0 saturated carbocycles. The van der Waals surface area contributed by atoms with Crippen molar-refractivity contribution in [3.8, 4) is 0 Å². The van der Waals surface area contributed by atoms with Crippen LogP contribution in [-0.4, -0.2) is 36.5 Å². The highest BCUT2D eigenvalue weighted by molar-refractivity contribution is 14.1. The zero-order chi connectivity index (χ0) is 13.8. The number of carbonyl (C=O) groups is 2. The first-order chi connectivity index (χ1) is 9.13. The van der Waals surface area contributed by atoms with Gasteiger partial charge in [-0.3, -0.25) is 4.79 Å². The fourth-order valence-corrected chi connectivity index (χ4v) is 2.67. The Balaban J connectivity index is 2.20. The molecule has 4 nitrogen and oxygen atoms in total. The molecule has 0 bridgehead atoms. The first-order valence-corrected chi connectivity index (χ1v) is 7.35. The summed E-state index contributed by atoms with van der Waals surface area (Å²) in [4.78, 5) is 25.8. The van der Waals surface area contributed by atoms with Gasteiger partial charge in [-0.05, 0) is 66.1 Å². The lowest BCUT2D eigenvalue weighted by Crippen LogP contribution is -2.48. The van der Waals surface area contributed by atoms with Crippen LogP contribution in [-0.2, 0) is 9.53 Å². The van der Waals surface area contributed by atoms with E-state index in [1.165, 1.54) is 7.11 Å². The minimum atomic E-state index is -0.439. The maximum atomic E-state index is 12.5. The number of ether oxygens (including phenoxy) is 1. The van der Waals surface area contributed by atoms with Gasteiger partial charge in [-0.15, -0.1) is 0 Å². The van der Waals surface area contributed by atoms with E-state index in [2.05, 4.69) is 22.6 Å². The SMILES string of the molecule is COC(=O)[C@H]1CCCCN1C(=O)c1ccc(I)cc1. The molecule has 0 aromatic heterocycles. The summed E-state index contributed by atoms with van der Waals surface area (Å²) in [6.07, 6.45) is 2.57. The van der Waals surface area contributed by atoms with E-state index in [-0.39, 0.29) is 11.9 Å². The molecule has 0 radical (unpaired) electrons. The molecule has 1 amide bonds. The van der Waals surface area contributed by atoms with Gasteiger partial charge in [0.05, 0.1) is 7.11 Å². The van der Waals surface area contributed by atoms with Crippen molar-refractivity contribution in [2.45, 2.75) is 25.3 Å². The van der Waals surface area contributed by atoms with Gasteiger partial charge >= 0.3 is 5.97 Å². The summed E-state index contributed by atoms with van der Waals surface area (Å²) in [5.74, 6) is -0.412. The van der Waals surface area contributed by atoms with E-state index in [0.717, 1.165) is 16.4 Å². The van der Waals surface area contributed by atoms with Crippen molar-refractivity contribution in [1.29, 1.82) is 0 Å². The monoisotopic (exact) mass is 373 g/mol. The summed E-state index contributed by atoms with van der Waals surface area (Å²) >= 11 is 2.20. The van der Waals surface area contributed by atoms with Gasteiger partial charge in [0.15, 0.2) is 0 Å².